The summed E-state index contributed by atoms with van der Waals surface area (Å²) in [6, 6.07) is 7.74. The maximum atomic E-state index is 13.3. The van der Waals surface area contributed by atoms with E-state index in [2.05, 4.69) is 4.98 Å². The lowest BCUT2D eigenvalue weighted by molar-refractivity contribution is 0.103. The molecule has 0 saturated heterocycles. The van der Waals surface area contributed by atoms with Crippen molar-refractivity contribution in [2.45, 2.75) is 0 Å². The van der Waals surface area contributed by atoms with Crippen LogP contribution in [0.2, 0.25) is 5.02 Å². The molecule has 0 spiro atoms. The van der Waals surface area contributed by atoms with Crippen LogP contribution in [0.25, 0.3) is 0 Å². The zero-order valence-corrected chi connectivity index (χ0v) is 8.91. The second kappa shape index (κ2) is 4.41. The van der Waals surface area contributed by atoms with Gasteiger partial charge in [0.05, 0.1) is 11.8 Å². The Hall–Kier alpha value is -1.74. The molecule has 0 radical (unpaired) electrons. The molecule has 0 atom stereocenters. The summed E-state index contributed by atoms with van der Waals surface area (Å²) in [5.74, 6) is -1.03. The number of carbonyl (C=O) groups excluding carboxylic acids is 1. The Labute approximate surface area is 96.7 Å². The first-order valence-electron chi connectivity index (χ1n) is 4.58. The van der Waals surface area contributed by atoms with Crippen LogP contribution in [0.1, 0.15) is 15.9 Å². The number of pyridine rings is 1. The van der Waals surface area contributed by atoms with E-state index < -0.39 is 11.6 Å². The van der Waals surface area contributed by atoms with Gasteiger partial charge in [0.1, 0.15) is 0 Å². The molecule has 0 N–H and O–H groups in total. The summed E-state index contributed by atoms with van der Waals surface area (Å²) in [4.78, 5) is 15.5. The van der Waals surface area contributed by atoms with Gasteiger partial charge in [-0.1, -0.05) is 23.7 Å². The molecular weight excluding hydrogens is 229 g/mol. The first kappa shape index (κ1) is 10.8. The average molecular weight is 236 g/mol. The van der Waals surface area contributed by atoms with Crippen molar-refractivity contribution < 1.29 is 9.18 Å². The number of benzene rings is 1. The second-order valence-corrected chi connectivity index (χ2v) is 3.63. The Kier molecular flexibility index (Phi) is 2.97. The van der Waals surface area contributed by atoms with Crippen LogP contribution in [0, 0.1) is 5.82 Å². The summed E-state index contributed by atoms with van der Waals surface area (Å²) in [7, 11) is 0. The zero-order valence-electron chi connectivity index (χ0n) is 8.15. The predicted octanol–water partition coefficient (Wildman–Crippen LogP) is 3.11. The van der Waals surface area contributed by atoms with E-state index in [1.165, 1.54) is 18.3 Å². The van der Waals surface area contributed by atoms with Gasteiger partial charge in [-0.25, -0.2) is 4.39 Å². The van der Waals surface area contributed by atoms with Crippen LogP contribution in [0.5, 0.6) is 0 Å². The van der Waals surface area contributed by atoms with E-state index in [1.807, 2.05) is 0 Å². The van der Waals surface area contributed by atoms with Crippen molar-refractivity contribution in [1.82, 2.24) is 4.98 Å². The highest BCUT2D eigenvalue weighted by Crippen LogP contribution is 2.16. The van der Waals surface area contributed by atoms with E-state index in [-0.39, 0.29) is 5.56 Å². The quantitative estimate of drug-likeness (QED) is 0.749. The van der Waals surface area contributed by atoms with Crippen molar-refractivity contribution in [3.8, 4) is 0 Å². The molecule has 0 saturated carbocycles. The third-order valence-corrected chi connectivity index (χ3v) is 2.34. The number of hydrogen-bond donors (Lipinski definition) is 0. The Morgan fingerprint density at radius 2 is 2.12 bits per heavy atom. The van der Waals surface area contributed by atoms with E-state index in [4.69, 9.17) is 11.6 Å². The Bertz CT molecular complexity index is 542. The molecule has 80 valence electrons. The van der Waals surface area contributed by atoms with Crippen LogP contribution < -0.4 is 0 Å². The van der Waals surface area contributed by atoms with Crippen molar-refractivity contribution in [3.63, 3.8) is 0 Å². The summed E-state index contributed by atoms with van der Waals surface area (Å²) in [6.45, 7) is 0. The van der Waals surface area contributed by atoms with E-state index in [9.17, 15) is 9.18 Å². The standard InChI is InChI=1S/C12H7ClFNO/c13-9-3-1-2-8(6-9)12(16)10-4-5-15-7-11(10)14/h1-7H. The number of ketones is 1. The molecule has 0 amide bonds. The van der Waals surface area contributed by atoms with Crippen molar-refractivity contribution in [2.75, 3.05) is 0 Å². The zero-order chi connectivity index (χ0) is 11.5. The molecule has 0 aliphatic rings. The molecule has 0 unspecified atom stereocenters. The topological polar surface area (TPSA) is 30.0 Å². The van der Waals surface area contributed by atoms with Gasteiger partial charge in [-0.2, -0.15) is 0 Å². The minimum atomic E-state index is -0.632. The summed E-state index contributed by atoms with van der Waals surface area (Å²) >= 11 is 5.76. The van der Waals surface area contributed by atoms with Crippen LogP contribution in [-0.2, 0) is 0 Å². The number of carbonyl (C=O) groups is 1. The summed E-state index contributed by atoms with van der Waals surface area (Å²) in [6.07, 6.45) is 2.39. The SMILES string of the molecule is O=C(c1cccc(Cl)c1)c1ccncc1F. The molecule has 2 nitrogen and oxygen atoms in total. The minimum absolute atomic E-state index is 0.00253. The molecule has 0 bridgehead atoms. The second-order valence-electron chi connectivity index (χ2n) is 3.19. The predicted molar refractivity (Wildman–Crippen MR) is 59.1 cm³/mol. The summed E-state index contributed by atoms with van der Waals surface area (Å²) in [5, 5.41) is 0.445. The maximum absolute atomic E-state index is 13.3. The lowest BCUT2D eigenvalue weighted by atomic mass is 10.0. The average Bonchev–Trinajstić information content (AvgIpc) is 2.29. The van der Waals surface area contributed by atoms with Gasteiger partial charge in [0.15, 0.2) is 11.6 Å². The maximum Gasteiger partial charge on any atom is 0.196 e. The van der Waals surface area contributed by atoms with Gasteiger partial charge < -0.3 is 0 Å². The van der Waals surface area contributed by atoms with E-state index in [1.54, 1.807) is 18.2 Å². The van der Waals surface area contributed by atoms with Crippen LogP contribution in [0.15, 0.2) is 42.7 Å². The number of rotatable bonds is 2. The molecule has 0 aliphatic carbocycles. The number of aromatic nitrogens is 1. The number of halogens is 2. The van der Waals surface area contributed by atoms with Crippen molar-refractivity contribution in [3.05, 3.63) is 64.7 Å². The monoisotopic (exact) mass is 235 g/mol. The lowest BCUT2D eigenvalue weighted by Crippen LogP contribution is -2.04. The van der Waals surface area contributed by atoms with E-state index >= 15 is 0 Å². The van der Waals surface area contributed by atoms with Gasteiger partial charge in [0.2, 0.25) is 0 Å². The molecule has 0 fully saturated rings. The normalized spacial score (nSPS) is 10.1. The summed E-state index contributed by atoms with van der Waals surface area (Å²) < 4.78 is 13.3. The first-order valence-corrected chi connectivity index (χ1v) is 4.96. The molecule has 2 aromatic rings. The third kappa shape index (κ3) is 2.09. The largest absolute Gasteiger partial charge is 0.288 e. The molecule has 1 heterocycles. The van der Waals surface area contributed by atoms with Crippen molar-refractivity contribution in [1.29, 1.82) is 0 Å². The lowest BCUT2D eigenvalue weighted by Gasteiger charge is -2.02. The Morgan fingerprint density at radius 3 is 2.81 bits per heavy atom. The third-order valence-electron chi connectivity index (χ3n) is 2.10. The Balaban J connectivity index is 2.44. The highest BCUT2D eigenvalue weighted by Gasteiger charge is 2.13. The van der Waals surface area contributed by atoms with Crippen LogP contribution in [-0.4, -0.2) is 10.8 Å². The number of hydrogen-bond acceptors (Lipinski definition) is 2. The van der Waals surface area contributed by atoms with Gasteiger partial charge in [0, 0.05) is 16.8 Å². The molecule has 16 heavy (non-hydrogen) atoms. The minimum Gasteiger partial charge on any atom is -0.288 e. The Morgan fingerprint density at radius 1 is 1.31 bits per heavy atom. The van der Waals surface area contributed by atoms with Crippen LogP contribution >= 0.6 is 11.6 Å². The van der Waals surface area contributed by atoms with Gasteiger partial charge >= 0.3 is 0 Å². The van der Waals surface area contributed by atoms with Crippen molar-refractivity contribution >= 4 is 17.4 Å². The van der Waals surface area contributed by atoms with Gasteiger partial charge in [-0.3, -0.25) is 9.78 Å². The number of nitrogens with zero attached hydrogens (tertiary/aromatic N) is 1. The van der Waals surface area contributed by atoms with Crippen LogP contribution in [0.3, 0.4) is 0 Å². The highest BCUT2D eigenvalue weighted by atomic mass is 35.5. The molecule has 0 aliphatic heterocycles. The highest BCUT2D eigenvalue weighted by molar-refractivity contribution is 6.31. The summed E-state index contributed by atoms with van der Waals surface area (Å²) in [5.41, 5.74) is 0.356. The van der Waals surface area contributed by atoms with Crippen molar-refractivity contribution in [2.24, 2.45) is 0 Å². The van der Waals surface area contributed by atoms with Gasteiger partial charge in [-0.15, -0.1) is 0 Å². The molecule has 4 heteroatoms. The van der Waals surface area contributed by atoms with Crippen LogP contribution in [0.4, 0.5) is 4.39 Å². The molecule has 2 rings (SSSR count). The molecule has 1 aromatic heterocycles. The fraction of sp³-hybridized carbons (Fsp3) is 0. The molecular formula is C12H7ClFNO. The molecule has 1 aromatic carbocycles. The van der Waals surface area contributed by atoms with Gasteiger partial charge in [-0.05, 0) is 18.2 Å². The fourth-order valence-corrected chi connectivity index (χ4v) is 1.53. The first-order chi connectivity index (χ1) is 7.68. The van der Waals surface area contributed by atoms with E-state index in [0.717, 1.165) is 6.20 Å². The van der Waals surface area contributed by atoms with E-state index in [0.29, 0.717) is 10.6 Å². The fourth-order valence-electron chi connectivity index (χ4n) is 1.34. The van der Waals surface area contributed by atoms with Gasteiger partial charge in [0.25, 0.3) is 0 Å². The smallest absolute Gasteiger partial charge is 0.196 e.